The van der Waals surface area contributed by atoms with Crippen molar-refractivity contribution >= 4 is 62.9 Å². The van der Waals surface area contributed by atoms with Crippen LogP contribution in [0.15, 0.2) is 145 Å². The van der Waals surface area contributed by atoms with Gasteiger partial charge in [0.05, 0.1) is 0 Å². The molecule has 0 unspecified atom stereocenters. The first-order chi connectivity index (χ1) is 27.9. The number of benzene rings is 5. The van der Waals surface area contributed by atoms with Crippen molar-refractivity contribution in [3.8, 4) is 23.2 Å². The maximum absolute atomic E-state index is 12.7. The smallest absolute Gasteiger partial charge is 0.265 e. The standard InChI is InChI=1S/C22H18N2O6S2.C18H18N2O6S2/c1-14-12-16(19-13-15-6-2-3-7-18(15)30-19)10-11-17(14)22(25)24-32(28,29)21-9-5-4-8-20(21)31(23,26)27;1-18(2,22)12-11-13-7-9-14(10-8-13)17(21)20-28(25,26)16-6-4-3-5-15(16)27(19,23)24/h2-13H,1H3,(H,24,25)(H2,23,26,27);3-10,22H,1-2H3,(H,20,21)(H2,19,23,24). The van der Waals surface area contributed by atoms with E-state index in [0.717, 1.165) is 40.8 Å². The molecule has 1 aromatic heterocycles. The summed E-state index contributed by atoms with van der Waals surface area (Å²) in [7, 11) is -17.6. The second-order valence-corrected chi connectivity index (χ2v) is 19.8. The Balaban J connectivity index is 0.000000230. The van der Waals surface area contributed by atoms with E-state index < -0.39 is 77.1 Å². The lowest BCUT2D eigenvalue weighted by Crippen LogP contribution is -2.32. The number of rotatable bonds is 9. The zero-order valence-electron chi connectivity index (χ0n) is 31.8. The first-order valence-electron chi connectivity index (χ1n) is 17.2. The molecule has 312 valence electrons. The Morgan fingerprint density at radius 2 is 1.12 bits per heavy atom. The van der Waals surface area contributed by atoms with Crippen molar-refractivity contribution in [1.29, 1.82) is 0 Å². The summed E-state index contributed by atoms with van der Waals surface area (Å²) >= 11 is 0. The van der Waals surface area contributed by atoms with Gasteiger partial charge in [-0.25, -0.2) is 53.4 Å². The molecule has 6 rings (SSSR count). The largest absolute Gasteiger partial charge is 0.456 e. The van der Waals surface area contributed by atoms with Crippen LogP contribution in [0.2, 0.25) is 0 Å². The number of aliphatic hydroxyl groups is 1. The summed E-state index contributed by atoms with van der Waals surface area (Å²) < 4.78 is 107. The molecule has 0 aliphatic heterocycles. The van der Waals surface area contributed by atoms with Gasteiger partial charge >= 0.3 is 0 Å². The van der Waals surface area contributed by atoms with Gasteiger partial charge < -0.3 is 9.52 Å². The molecule has 0 fully saturated rings. The zero-order valence-corrected chi connectivity index (χ0v) is 35.0. The number of nitrogens with two attached hydrogens (primary N) is 2. The van der Waals surface area contributed by atoms with E-state index in [1.54, 1.807) is 19.1 Å². The molecule has 6 aromatic rings. The van der Waals surface area contributed by atoms with Crippen molar-refractivity contribution in [2.75, 3.05) is 0 Å². The maximum atomic E-state index is 12.7. The van der Waals surface area contributed by atoms with Gasteiger partial charge in [0, 0.05) is 27.6 Å². The Labute approximate surface area is 346 Å². The van der Waals surface area contributed by atoms with Crippen LogP contribution >= 0.6 is 0 Å². The van der Waals surface area contributed by atoms with Crippen LogP contribution < -0.4 is 19.7 Å². The molecule has 0 bridgehead atoms. The van der Waals surface area contributed by atoms with Crippen LogP contribution in [0.3, 0.4) is 0 Å². The van der Waals surface area contributed by atoms with Crippen molar-refractivity contribution in [2.24, 2.45) is 10.3 Å². The highest BCUT2D eigenvalue weighted by molar-refractivity contribution is 7.93. The lowest BCUT2D eigenvalue weighted by molar-refractivity contribution is 0.0972. The van der Waals surface area contributed by atoms with Gasteiger partial charge in [0.2, 0.25) is 20.0 Å². The van der Waals surface area contributed by atoms with Crippen molar-refractivity contribution in [2.45, 2.75) is 46.0 Å². The number of primary sulfonamides is 2. The van der Waals surface area contributed by atoms with Crippen LogP contribution in [0, 0.1) is 18.8 Å². The molecule has 0 saturated carbocycles. The summed E-state index contributed by atoms with van der Waals surface area (Å²) in [4.78, 5) is 22.5. The number of amides is 2. The topological polar surface area (TPSA) is 280 Å². The van der Waals surface area contributed by atoms with Gasteiger partial charge in [-0.2, -0.15) is 0 Å². The number of carbonyl (C=O) groups excluding carboxylic acids is 2. The van der Waals surface area contributed by atoms with Crippen LogP contribution in [0.4, 0.5) is 0 Å². The average Bonchev–Trinajstić information content (AvgIpc) is 3.61. The Kier molecular flexibility index (Phi) is 12.9. The normalized spacial score (nSPS) is 12.0. The summed E-state index contributed by atoms with van der Waals surface area (Å²) in [5.74, 6) is 4.08. The Morgan fingerprint density at radius 1 is 0.633 bits per heavy atom. The fraction of sp³-hybridized carbons (Fsp3) is 0.100. The molecule has 0 radical (unpaired) electrons. The monoisotopic (exact) mass is 892 g/mol. The number of carbonyl (C=O) groups is 2. The van der Waals surface area contributed by atoms with Gasteiger partial charge in [-0.3, -0.25) is 9.59 Å². The van der Waals surface area contributed by atoms with Crippen LogP contribution in [0.25, 0.3) is 22.3 Å². The van der Waals surface area contributed by atoms with Crippen LogP contribution in [0.1, 0.15) is 45.7 Å². The van der Waals surface area contributed by atoms with E-state index in [-0.39, 0.29) is 11.1 Å². The highest BCUT2D eigenvalue weighted by Gasteiger charge is 2.28. The van der Waals surface area contributed by atoms with E-state index in [2.05, 4.69) is 11.8 Å². The molecule has 1 heterocycles. The zero-order chi connectivity index (χ0) is 44.3. The number of furan rings is 1. The summed E-state index contributed by atoms with van der Waals surface area (Å²) in [6, 6.07) is 29.4. The predicted molar refractivity (Wildman–Crippen MR) is 221 cm³/mol. The fourth-order valence-corrected chi connectivity index (χ4v) is 10.1. The second kappa shape index (κ2) is 17.2. The fourth-order valence-electron chi connectivity index (χ4n) is 5.41. The van der Waals surface area contributed by atoms with Gasteiger partial charge in [-0.05, 0) is 99.1 Å². The lowest BCUT2D eigenvalue weighted by atomic mass is 10.0. The first-order valence-corrected chi connectivity index (χ1v) is 23.2. The molecular formula is C40H36N4O12S4. The van der Waals surface area contributed by atoms with E-state index in [1.165, 1.54) is 68.4 Å². The van der Waals surface area contributed by atoms with Gasteiger partial charge in [0.25, 0.3) is 31.9 Å². The van der Waals surface area contributed by atoms with Crippen LogP contribution in [-0.2, 0) is 40.1 Å². The number of hydrogen-bond donors (Lipinski definition) is 5. The Hall–Kier alpha value is -6.18. The van der Waals surface area contributed by atoms with Crippen molar-refractivity contribution in [3.63, 3.8) is 0 Å². The molecule has 20 heteroatoms. The maximum Gasteiger partial charge on any atom is 0.265 e. The molecule has 0 saturated heterocycles. The Bertz CT molecular complexity index is 3130. The third-order valence-electron chi connectivity index (χ3n) is 8.19. The molecule has 16 nitrogen and oxygen atoms in total. The number of hydrogen-bond acceptors (Lipinski definition) is 12. The highest BCUT2D eigenvalue weighted by Crippen LogP contribution is 2.29. The summed E-state index contributed by atoms with van der Waals surface area (Å²) in [6.45, 7) is 4.70. The van der Waals surface area contributed by atoms with Crippen molar-refractivity contribution in [1.82, 2.24) is 9.44 Å². The molecule has 7 N–H and O–H groups in total. The third kappa shape index (κ3) is 11.1. The predicted octanol–water partition coefficient (Wildman–Crippen LogP) is 3.75. The SMILES string of the molecule is CC(C)(O)C#Cc1ccc(C(=O)NS(=O)(=O)c2ccccc2S(N)(=O)=O)cc1.Cc1cc(-c2cc3ccccc3o2)ccc1C(=O)NS(=O)(=O)c1ccccc1S(N)(=O)=O. The van der Waals surface area contributed by atoms with Gasteiger partial charge in [-0.15, -0.1) is 0 Å². The molecule has 5 aromatic carbocycles. The molecule has 60 heavy (non-hydrogen) atoms. The molecule has 0 aliphatic carbocycles. The minimum atomic E-state index is -4.50. The molecule has 0 spiro atoms. The molecular weight excluding hydrogens is 857 g/mol. The van der Waals surface area contributed by atoms with Crippen molar-refractivity contribution < 1.29 is 52.8 Å². The summed E-state index contributed by atoms with van der Waals surface area (Å²) in [5.41, 5.74) is 1.42. The number of nitrogens with one attached hydrogen (secondary N) is 2. The van der Waals surface area contributed by atoms with Gasteiger partial charge in [-0.1, -0.05) is 60.4 Å². The third-order valence-corrected chi connectivity index (χ3v) is 13.2. The number of fused-ring (bicyclic) bond motifs is 1. The summed E-state index contributed by atoms with van der Waals surface area (Å²) in [5, 5.41) is 20.7. The van der Waals surface area contributed by atoms with Gasteiger partial charge in [0.1, 0.15) is 36.5 Å². The van der Waals surface area contributed by atoms with Crippen molar-refractivity contribution in [3.05, 3.63) is 144 Å². The molecule has 0 aliphatic rings. The van der Waals surface area contributed by atoms with Crippen LogP contribution in [0.5, 0.6) is 0 Å². The number of sulfonamides is 4. The summed E-state index contributed by atoms with van der Waals surface area (Å²) in [6.07, 6.45) is 0. The molecule has 2 amide bonds. The number of aryl methyl sites for hydroxylation is 1. The van der Waals surface area contributed by atoms with E-state index in [9.17, 15) is 48.4 Å². The molecule has 0 atom stereocenters. The Morgan fingerprint density at radius 3 is 1.60 bits per heavy atom. The van der Waals surface area contributed by atoms with Gasteiger partial charge in [0.15, 0.2) is 0 Å². The minimum Gasteiger partial charge on any atom is -0.456 e. The first kappa shape index (κ1) is 44.9. The van der Waals surface area contributed by atoms with E-state index in [0.29, 0.717) is 16.9 Å². The van der Waals surface area contributed by atoms with E-state index >= 15 is 0 Å². The van der Waals surface area contributed by atoms with E-state index in [4.69, 9.17) is 14.7 Å². The lowest BCUT2D eigenvalue weighted by Gasteiger charge is -2.12. The minimum absolute atomic E-state index is 0.0190. The van der Waals surface area contributed by atoms with Crippen LogP contribution in [-0.4, -0.2) is 56.2 Å². The average molecular weight is 893 g/mol. The highest BCUT2D eigenvalue weighted by atomic mass is 32.2. The second-order valence-electron chi connectivity index (χ2n) is 13.4. The van der Waals surface area contributed by atoms with E-state index in [1.807, 2.05) is 39.8 Å². The quantitative estimate of drug-likeness (QED) is 0.130. The number of para-hydroxylation sites is 1.